The number of anilines is 1. The Morgan fingerprint density at radius 3 is 2.76 bits per heavy atom. The van der Waals surface area contributed by atoms with Crippen LogP contribution in [0.4, 0.5) is 5.69 Å². The van der Waals surface area contributed by atoms with Gasteiger partial charge in [0, 0.05) is 16.6 Å². The molecule has 0 radical (unpaired) electrons. The molecule has 3 N–H and O–H groups in total. The molecule has 1 saturated heterocycles. The smallest absolute Gasteiger partial charge is 0.268 e. The lowest BCUT2D eigenvalue weighted by Crippen LogP contribution is -2.48. The van der Waals surface area contributed by atoms with Crippen LogP contribution in [0.1, 0.15) is 35.8 Å². The van der Waals surface area contributed by atoms with E-state index in [4.69, 9.17) is 4.74 Å². The average Bonchev–Trinajstić information content (AvgIpc) is 2.85. The highest BCUT2D eigenvalue weighted by molar-refractivity contribution is 7.92. The number of unbranched alkanes of at least 4 members (excludes halogenated alkanes) is 1. The zero-order chi connectivity index (χ0) is 18.0. The Hall–Kier alpha value is -2.06. The van der Waals surface area contributed by atoms with Crippen molar-refractivity contribution in [3.8, 4) is 0 Å². The number of aromatic amines is 1. The highest BCUT2D eigenvalue weighted by atomic mass is 32.2. The van der Waals surface area contributed by atoms with E-state index in [1.165, 1.54) is 0 Å². The first-order chi connectivity index (χ1) is 11.9. The molecule has 8 heteroatoms. The van der Waals surface area contributed by atoms with Gasteiger partial charge in [0.1, 0.15) is 5.69 Å². The first kappa shape index (κ1) is 17.8. The summed E-state index contributed by atoms with van der Waals surface area (Å²) in [4.78, 5) is 15.5. The van der Waals surface area contributed by atoms with E-state index in [2.05, 4.69) is 15.0 Å². The Balaban J connectivity index is 1.82. The third-order valence-corrected chi connectivity index (χ3v) is 5.67. The van der Waals surface area contributed by atoms with Gasteiger partial charge in [-0.3, -0.25) is 9.52 Å². The topological polar surface area (TPSA) is 100 Å². The maximum atomic E-state index is 12.4. The van der Waals surface area contributed by atoms with Crippen molar-refractivity contribution in [3.63, 3.8) is 0 Å². The molecule has 0 unspecified atom stereocenters. The summed E-state index contributed by atoms with van der Waals surface area (Å²) in [5.74, 6) is -0.0720. The number of rotatable bonds is 7. The molecule has 7 nitrogen and oxygen atoms in total. The van der Waals surface area contributed by atoms with Crippen LogP contribution in [0.3, 0.4) is 0 Å². The molecule has 25 heavy (non-hydrogen) atoms. The predicted octanol–water partition coefficient (Wildman–Crippen LogP) is 2.15. The summed E-state index contributed by atoms with van der Waals surface area (Å²) in [6, 6.07) is 5.29. The Morgan fingerprint density at radius 2 is 2.12 bits per heavy atom. The highest BCUT2D eigenvalue weighted by Gasteiger charge is 2.23. The number of aryl methyl sites for hydroxylation is 1. The molecule has 1 aliphatic heterocycles. The molecule has 2 aromatic rings. The quantitative estimate of drug-likeness (QED) is 0.700. The van der Waals surface area contributed by atoms with Crippen LogP contribution in [0.15, 0.2) is 18.2 Å². The van der Waals surface area contributed by atoms with Crippen LogP contribution in [-0.4, -0.2) is 44.3 Å². The summed E-state index contributed by atoms with van der Waals surface area (Å²) < 4.78 is 31.8. The second kappa shape index (κ2) is 7.05. The Kier molecular flexibility index (Phi) is 5.01. The molecule has 2 heterocycles. The third-order valence-electron chi connectivity index (χ3n) is 4.30. The van der Waals surface area contributed by atoms with Gasteiger partial charge in [-0.25, -0.2) is 8.42 Å². The number of benzene rings is 1. The van der Waals surface area contributed by atoms with Crippen molar-refractivity contribution in [3.05, 3.63) is 29.5 Å². The molecule has 1 aromatic heterocycles. The molecule has 1 aliphatic rings. The van der Waals surface area contributed by atoms with Crippen molar-refractivity contribution in [2.45, 2.75) is 32.7 Å². The average molecular weight is 365 g/mol. The van der Waals surface area contributed by atoms with E-state index < -0.39 is 10.0 Å². The lowest BCUT2D eigenvalue weighted by Gasteiger charge is -2.26. The Labute approximate surface area is 147 Å². The fraction of sp³-hybridized carbons (Fsp3) is 0.471. The van der Waals surface area contributed by atoms with Crippen molar-refractivity contribution in [1.29, 1.82) is 0 Å². The second-order valence-electron chi connectivity index (χ2n) is 6.37. The first-order valence-electron chi connectivity index (χ1n) is 8.41. The number of H-pyrrole nitrogens is 1. The number of carbonyl (C=O) groups excluding carboxylic acids is 1. The number of aromatic nitrogens is 1. The molecule has 1 amide bonds. The Morgan fingerprint density at radius 1 is 1.36 bits per heavy atom. The van der Waals surface area contributed by atoms with Crippen molar-refractivity contribution < 1.29 is 17.9 Å². The van der Waals surface area contributed by atoms with E-state index >= 15 is 0 Å². The first-order valence-corrected chi connectivity index (χ1v) is 10.1. The van der Waals surface area contributed by atoms with Gasteiger partial charge < -0.3 is 15.0 Å². The van der Waals surface area contributed by atoms with Crippen molar-refractivity contribution in [2.75, 3.05) is 23.7 Å². The lowest BCUT2D eigenvalue weighted by atomic mass is 10.1. The normalized spacial score (nSPS) is 15.1. The second-order valence-corrected chi connectivity index (χ2v) is 8.21. The molecular weight excluding hydrogens is 342 g/mol. The molecular formula is C17H23N3O4S. The van der Waals surface area contributed by atoms with Gasteiger partial charge in [0.15, 0.2) is 0 Å². The van der Waals surface area contributed by atoms with Crippen LogP contribution in [0.2, 0.25) is 0 Å². The summed E-state index contributed by atoms with van der Waals surface area (Å²) in [7, 11) is -3.35. The van der Waals surface area contributed by atoms with Gasteiger partial charge >= 0.3 is 0 Å². The fourth-order valence-corrected chi connectivity index (χ4v) is 4.02. The van der Waals surface area contributed by atoms with E-state index in [-0.39, 0.29) is 17.7 Å². The van der Waals surface area contributed by atoms with Gasteiger partial charge in [-0.2, -0.15) is 0 Å². The van der Waals surface area contributed by atoms with E-state index in [9.17, 15) is 13.2 Å². The summed E-state index contributed by atoms with van der Waals surface area (Å²) in [5.41, 5.74) is 2.59. The van der Waals surface area contributed by atoms with Crippen LogP contribution in [-0.2, 0) is 14.8 Å². The fourth-order valence-electron chi connectivity index (χ4n) is 2.76. The van der Waals surface area contributed by atoms with Gasteiger partial charge in [-0.1, -0.05) is 13.3 Å². The third kappa shape index (κ3) is 3.96. The van der Waals surface area contributed by atoms with Crippen molar-refractivity contribution in [1.82, 2.24) is 10.3 Å². The monoisotopic (exact) mass is 365 g/mol. The number of carbonyl (C=O) groups is 1. The molecule has 0 bridgehead atoms. The zero-order valence-corrected chi connectivity index (χ0v) is 15.2. The Bertz CT molecular complexity index is 885. The minimum Gasteiger partial charge on any atom is -0.377 e. The van der Waals surface area contributed by atoms with Crippen LogP contribution in [0.5, 0.6) is 0 Å². The molecule has 3 rings (SSSR count). The van der Waals surface area contributed by atoms with E-state index in [1.807, 2.05) is 13.8 Å². The number of amides is 1. The zero-order valence-electron chi connectivity index (χ0n) is 14.4. The van der Waals surface area contributed by atoms with Gasteiger partial charge in [0.05, 0.1) is 25.0 Å². The largest absolute Gasteiger partial charge is 0.377 e. The molecule has 0 saturated carbocycles. The van der Waals surface area contributed by atoms with Crippen LogP contribution < -0.4 is 10.0 Å². The van der Waals surface area contributed by atoms with Crippen molar-refractivity contribution >= 4 is 32.5 Å². The van der Waals surface area contributed by atoms with Crippen LogP contribution in [0.25, 0.3) is 10.9 Å². The number of nitrogens with one attached hydrogen (secondary N) is 3. The molecule has 0 spiro atoms. The maximum absolute atomic E-state index is 12.4. The van der Waals surface area contributed by atoms with Gasteiger partial charge in [-0.05, 0) is 37.1 Å². The van der Waals surface area contributed by atoms with E-state index in [1.54, 1.807) is 18.2 Å². The number of ether oxygens (including phenoxy) is 1. The molecule has 1 fully saturated rings. The summed E-state index contributed by atoms with van der Waals surface area (Å²) in [6.07, 6.45) is 1.44. The standard InChI is InChI=1S/C17H23N3O4S/c1-3-4-7-25(22,23)20-12-5-6-15-14(8-12)11(2)16(19-15)17(21)18-13-9-24-10-13/h5-6,8,13,19-20H,3-4,7,9-10H2,1-2H3,(H,18,21). The number of fused-ring (bicyclic) bond motifs is 1. The maximum Gasteiger partial charge on any atom is 0.268 e. The van der Waals surface area contributed by atoms with Crippen molar-refractivity contribution in [2.24, 2.45) is 0 Å². The number of hydrogen-bond donors (Lipinski definition) is 3. The number of sulfonamides is 1. The number of hydrogen-bond acceptors (Lipinski definition) is 4. The van der Waals surface area contributed by atoms with Crippen LogP contribution >= 0.6 is 0 Å². The van der Waals surface area contributed by atoms with E-state index in [0.717, 1.165) is 22.9 Å². The van der Waals surface area contributed by atoms with Gasteiger partial charge in [-0.15, -0.1) is 0 Å². The summed E-state index contributed by atoms with van der Waals surface area (Å²) >= 11 is 0. The minimum atomic E-state index is -3.35. The molecule has 0 aliphatic carbocycles. The highest BCUT2D eigenvalue weighted by Crippen LogP contribution is 2.26. The van der Waals surface area contributed by atoms with Gasteiger partial charge in [0.2, 0.25) is 10.0 Å². The molecule has 136 valence electrons. The predicted molar refractivity (Wildman–Crippen MR) is 97.4 cm³/mol. The summed E-state index contributed by atoms with van der Waals surface area (Å²) in [6.45, 7) is 4.87. The molecule has 1 aromatic carbocycles. The molecule has 0 atom stereocenters. The lowest BCUT2D eigenvalue weighted by molar-refractivity contribution is -0.00354. The summed E-state index contributed by atoms with van der Waals surface area (Å²) in [5, 5.41) is 3.73. The minimum absolute atomic E-state index is 0.0549. The van der Waals surface area contributed by atoms with E-state index in [0.29, 0.717) is 31.0 Å². The van der Waals surface area contributed by atoms with Gasteiger partial charge in [0.25, 0.3) is 5.91 Å². The SMILES string of the molecule is CCCCS(=O)(=O)Nc1ccc2[nH]c(C(=O)NC3COC3)c(C)c2c1. The van der Waals surface area contributed by atoms with Crippen LogP contribution in [0, 0.1) is 6.92 Å².